The first-order chi connectivity index (χ1) is 9.54. The summed E-state index contributed by atoms with van der Waals surface area (Å²) in [5, 5.41) is 0. The van der Waals surface area contributed by atoms with E-state index in [2.05, 4.69) is 25.7 Å². The van der Waals surface area contributed by atoms with Crippen LogP contribution in [0.25, 0.3) is 0 Å². The molecule has 1 fully saturated rings. The molecule has 0 aromatic heterocycles. The van der Waals surface area contributed by atoms with Crippen LogP contribution in [0, 0.1) is 5.41 Å². The predicted octanol–water partition coefficient (Wildman–Crippen LogP) is 3.19. The molecular formula is C17H31NO3. The van der Waals surface area contributed by atoms with Crippen molar-refractivity contribution in [2.45, 2.75) is 78.9 Å². The molecule has 0 aromatic rings. The number of ether oxygens (including phenoxy) is 1. The molecule has 21 heavy (non-hydrogen) atoms. The Balaban J connectivity index is 2.52. The number of ketones is 1. The molecule has 0 aliphatic carbocycles. The third-order valence-electron chi connectivity index (χ3n) is 3.88. The molecule has 1 rings (SSSR count). The molecule has 1 atom stereocenters. The molecule has 1 aliphatic heterocycles. The van der Waals surface area contributed by atoms with Gasteiger partial charge in [0.1, 0.15) is 17.4 Å². The van der Waals surface area contributed by atoms with Crippen molar-refractivity contribution < 1.29 is 14.3 Å². The highest BCUT2D eigenvalue weighted by molar-refractivity contribution is 5.87. The van der Waals surface area contributed by atoms with E-state index in [4.69, 9.17) is 4.74 Å². The SMILES string of the molecule is CCN1CC(C)(C)OC(=O)C1CC(=O)CCCC(C)(C)C. The number of rotatable bonds is 6. The average molecular weight is 297 g/mol. The Morgan fingerprint density at radius 1 is 1.38 bits per heavy atom. The molecule has 0 spiro atoms. The summed E-state index contributed by atoms with van der Waals surface area (Å²) in [6.07, 6.45) is 2.76. The van der Waals surface area contributed by atoms with Crippen LogP contribution < -0.4 is 0 Å². The first-order valence-corrected chi connectivity index (χ1v) is 8.03. The summed E-state index contributed by atoms with van der Waals surface area (Å²) in [5.41, 5.74) is -0.206. The number of Topliss-reactive ketones (excluding diaryl/α,β-unsaturated/α-hetero) is 1. The lowest BCUT2D eigenvalue weighted by Crippen LogP contribution is -2.57. The Morgan fingerprint density at radius 3 is 2.52 bits per heavy atom. The third-order valence-corrected chi connectivity index (χ3v) is 3.88. The number of hydrogen-bond donors (Lipinski definition) is 0. The number of esters is 1. The molecule has 1 heterocycles. The summed E-state index contributed by atoms with van der Waals surface area (Å²) in [6, 6.07) is -0.398. The van der Waals surface area contributed by atoms with Gasteiger partial charge >= 0.3 is 5.97 Å². The van der Waals surface area contributed by atoms with Gasteiger partial charge in [0.25, 0.3) is 0 Å². The average Bonchev–Trinajstić information content (AvgIpc) is 2.29. The van der Waals surface area contributed by atoms with E-state index in [9.17, 15) is 9.59 Å². The van der Waals surface area contributed by atoms with Gasteiger partial charge in [0.2, 0.25) is 0 Å². The maximum absolute atomic E-state index is 12.1. The van der Waals surface area contributed by atoms with Gasteiger partial charge < -0.3 is 4.74 Å². The van der Waals surface area contributed by atoms with E-state index in [1.807, 2.05) is 20.8 Å². The van der Waals surface area contributed by atoms with Gasteiger partial charge in [0, 0.05) is 19.4 Å². The fourth-order valence-electron chi connectivity index (χ4n) is 2.80. The van der Waals surface area contributed by atoms with E-state index in [1.165, 1.54) is 0 Å². The monoisotopic (exact) mass is 297 g/mol. The van der Waals surface area contributed by atoms with E-state index in [0.29, 0.717) is 13.0 Å². The predicted molar refractivity (Wildman–Crippen MR) is 84.1 cm³/mol. The van der Waals surface area contributed by atoms with Crippen LogP contribution in [0.5, 0.6) is 0 Å². The molecule has 4 heteroatoms. The van der Waals surface area contributed by atoms with Gasteiger partial charge in [-0.15, -0.1) is 0 Å². The lowest BCUT2D eigenvalue weighted by Gasteiger charge is -2.41. The van der Waals surface area contributed by atoms with Gasteiger partial charge in [0.15, 0.2) is 0 Å². The molecule has 0 radical (unpaired) electrons. The fourth-order valence-corrected chi connectivity index (χ4v) is 2.80. The van der Waals surface area contributed by atoms with Crippen LogP contribution in [0.15, 0.2) is 0 Å². The Bertz CT molecular complexity index is 382. The number of nitrogens with zero attached hydrogens (tertiary/aromatic N) is 1. The molecule has 0 aromatic carbocycles. The second kappa shape index (κ2) is 6.91. The van der Waals surface area contributed by atoms with E-state index >= 15 is 0 Å². The van der Waals surface area contributed by atoms with E-state index < -0.39 is 11.6 Å². The summed E-state index contributed by atoms with van der Waals surface area (Å²) in [6.45, 7) is 13.8. The molecule has 0 amide bonds. The zero-order chi connectivity index (χ0) is 16.3. The summed E-state index contributed by atoms with van der Waals surface area (Å²) >= 11 is 0. The first-order valence-electron chi connectivity index (χ1n) is 8.03. The summed E-state index contributed by atoms with van der Waals surface area (Å²) < 4.78 is 5.45. The molecule has 1 aliphatic rings. The van der Waals surface area contributed by atoms with Gasteiger partial charge in [-0.1, -0.05) is 27.7 Å². The van der Waals surface area contributed by atoms with Crippen molar-refractivity contribution in [1.82, 2.24) is 4.90 Å². The van der Waals surface area contributed by atoms with Crippen LogP contribution in [-0.2, 0) is 14.3 Å². The maximum Gasteiger partial charge on any atom is 0.324 e. The lowest BCUT2D eigenvalue weighted by atomic mass is 9.89. The zero-order valence-electron chi connectivity index (χ0n) is 14.5. The second-order valence-electron chi connectivity index (χ2n) is 7.92. The number of likely N-dealkylation sites (N-methyl/N-ethyl adjacent to an activating group) is 1. The first kappa shape index (κ1) is 18.1. The van der Waals surface area contributed by atoms with Gasteiger partial charge in [0.05, 0.1) is 0 Å². The van der Waals surface area contributed by atoms with Crippen molar-refractivity contribution in [1.29, 1.82) is 0 Å². The molecular weight excluding hydrogens is 266 g/mol. The second-order valence-corrected chi connectivity index (χ2v) is 7.92. The topological polar surface area (TPSA) is 46.6 Å². The molecule has 122 valence electrons. The Labute approximate surface area is 129 Å². The molecule has 1 unspecified atom stereocenters. The number of hydrogen-bond acceptors (Lipinski definition) is 4. The molecule has 0 saturated carbocycles. The molecule has 1 saturated heterocycles. The minimum Gasteiger partial charge on any atom is -0.457 e. The van der Waals surface area contributed by atoms with Crippen molar-refractivity contribution in [3.8, 4) is 0 Å². The quantitative estimate of drug-likeness (QED) is 0.706. The van der Waals surface area contributed by atoms with Crippen molar-refractivity contribution in [3.05, 3.63) is 0 Å². The minimum atomic E-state index is -0.459. The van der Waals surface area contributed by atoms with E-state index in [0.717, 1.165) is 19.4 Å². The highest BCUT2D eigenvalue weighted by atomic mass is 16.6. The number of carbonyl (C=O) groups is 2. The normalized spacial score (nSPS) is 23.0. The standard InChI is InChI=1S/C17H31NO3/c1-7-18-12-17(5,6)21-15(20)14(18)11-13(19)9-8-10-16(2,3)4/h14H,7-12H2,1-6H3. The van der Waals surface area contributed by atoms with Crippen molar-refractivity contribution >= 4 is 11.8 Å². The third kappa shape index (κ3) is 6.16. The van der Waals surface area contributed by atoms with Crippen molar-refractivity contribution in [2.24, 2.45) is 5.41 Å². The van der Waals surface area contributed by atoms with E-state index in [-0.39, 0.29) is 23.6 Å². The Hall–Kier alpha value is -0.900. The van der Waals surface area contributed by atoms with Crippen LogP contribution in [0.2, 0.25) is 0 Å². The maximum atomic E-state index is 12.1. The van der Waals surface area contributed by atoms with E-state index in [1.54, 1.807) is 0 Å². The highest BCUT2D eigenvalue weighted by Gasteiger charge is 2.40. The molecule has 0 N–H and O–H groups in total. The summed E-state index contributed by atoms with van der Waals surface area (Å²) in [7, 11) is 0. The van der Waals surface area contributed by atoms with Crippen LogP contribution in [0.4, 0.5) is 0 Å². The lowest BCUT2D eigenvalue weighted by molar-refractivity contribution is -0.178. The minimum absolute atomic E-state index is 0.166. The Morgan fingerprint density at radius 2 is 2.00 bits per heavy atom. The van der Waals surface area contributed by atoms with Gasteiger partial charge in [-0.05, 0) is 38.6 Å². The largest absolute Gasteiger partial charge is 0.457 e. The zero-order valence-corrected chi connectivity index (χ0v) is 14.5. The fraction of sp³-hybridized carbons (Fsp3) is 0.882. The summed E-state index contributed by atoms with van der Waals surface area (Å²) in [4.78, 5) is 26.3. The number of carbonyl (C=O) groups excluding carboxylic acids is 2. The number of morpholine rings is 1. The van der Waals surface area contributed by atoms with Gasteiger partial charge in [-0.25, -0.2) is 0 Å². The van der Waals surface area contributed by atoms with Crippen molar-refractivity contribution in [3.63, 3.8) is 0 Å². The number of cyclic esters (lactones) is 1. The van der Waals surface area contributed by atoms with Crippen LogP contribution in [0.1, 0.15) is 67.2 Å². The molecule has 0 bridgehead atoms. The summed E-state index contributed by atoms with van der Waals surface area (Å²) in [5.74, 6) is -0.0865. The highest BCUT2D eigenvalue weighted by Crippen LogP contribution is 2.25. The van der Waals surface area contributed by atoms with Crippen LogP contribution in [-0.4, -0.2) is 41.4 Å². The van der Waals surface area contributed by atoms with Crippen LogP contribution in [0.3, 0.4) is 0 Å². The van der Waals surface area contributed by atoms with Gasteiger partial charge in [-0.3, -0.25) is 14.5 Å². The van der Waals surface area contributed by atoms with Crippen LogP contribution >= 0.6 is 0 Å². The molecule has 4 nitrogen and oxygen atoms in total. The van der Waals surface area contributed by atoms with Crippen molar-refractivity contribution in [2.75, 3.05) is 13.1 Å². The smallest absolute Gasteiger partial charge is 0.324 e. The van der Waals surface area contributed by atoms with Gasteiger partial charge in [-0.2, -0.15) is 0 Å². The Kier molecular flexibility index (Phi) is 5.97.